The third-order valence-corrected chi connectivity index (χ3v) is 3.67. The van der Waals surface area contributed by atoms with E-state index in [0.717, 1.165) is 18.4 Å². The van der Waals surface area contributed by atoms with Crippen molar-refractivity contribution >= 4 is 17.7 Å². The van der Waals surface area contributed by atoms with Gasteiger partial charge in [-0.3, -0.25) is 0 Å². The Morgan fingerprint density at radius 2 is 2.36 bits per heavy atom. The van der Waals surface area contributed by atoms with E-state index in [9.17, 15) is 4.79 Å². The quantitative estimate of drug-likeness (QED) is 0.655. The molecule has 0 aromatic heterocycles. The Labute approximate surface area is 88.4 Å². The van der Waals surface area contributed by atoms with Gasteiger partial charge in [-0.05, 0) is 32.3 Å². The molecule has 0 radical (unpaired) electrons. The van der Waals surface area contributed by atoms with E-state index in [1.54, 1.807) is 0 Å². The molecule has 1 aliphatic carbocycles. The maximum Gasteiger partial charge on any atom is 0.334 e. The number of ether oxygens (including phenoxy) is 1. The molecule has 1 heterocycles. The van der Waals surface area contributed by atoms with Gasteiger partial charge in [0.2, 0.25) is 0 Å². The van der Waals surface area contributed by atoms with Gasteiger partial charge in [0.15, 0.2) is 0 Å². The van der Waals surface area contributed by atoms with E-state index in [2.05, 4.69) is 0 Å². The van der Waals surface area contributed by atoms with Crippen molar-refractivity contribution < 1.29 is 9.53 Å². The highest BCUT2D eigenvalue weighted by molar-refractivity contribution is 8.03. The highest BCUT2D eigenvalue weighted by Crippen LogP contribution is 2.39. The molecule has 2 nitrogen and oxygen atoms in total. The Morgan fingerprint density at radius 3 is 3.14 bits per heavy atom. The van der Waals surface area contributed by atoms with E-state index in [1.807, 2.05) is 24.8 Å². The zero-order valence-electron chi connectivity index (χ0n) is 8.34. The van der Waals surface area contributed by atoms with Gasteiger partial charge in [0, 0.05) is 16.2 Å². The SMILES string of the molecule is CCOC(=O)C1=CC2=C(CCS2)CC1. The number of rotatable bonds is 2. The fraction of sp³-hybridized carbons (Fsp3) is 0.545. The summed E-state index contributed by atoms with van der Waals surface area (Å²) in [7, 11) is 0. The third kappa shape index (κ3) is 1.87. The average molecular weight is 210 g/mol. The minimum atomic E-state index is -0.133. The molecule has 0 spiro atoms. The van der Waals surface area contributed by atoms with E-state index in [0.29, 0.717) is 6.61 Å². The van der Waals surface area contributed by atoms with Gasteiger partial charge in [-0.2, -0.15) is 0 Å². The maximum atomic E-state index is 11.5. The predicted octanol–water partition coefficient (Wildman–Crippen LogP) is 2.66. The number of hydrogen-bond donors (Lipinski definition) is 0. The fourth-order valence-electron chi connectivity index (χ4n) is 1.80. The summed E-state index contributed by atoms with van der Waals surface area (Å²) < 4.78 is 4.99. The van der Waals surface area contributed by atoms with Crippen molar-refractivity contribution in [3.63, 3.8) is 0 Å². The van der Waals surface area contributed by atoms with Crippen LogP contribution in [0.15, 0.2) is 22.1 Å². The summed E-state index contributed by atoms with van der Waals surface area (Å²) in [5, 5.41) is 0. The highest BCUT2D eigenvalue weighted by Gasteiger charge is 2.22. The smallest absolute Gasteiger partial charge is 0.334 e. The summed E-state index contributed by atoms with van der Waals surface area (Å²) in [4.78, 5) is 12.8. The molecule has 2 rings (SSSR count). The molecule has 0 fully saturated rings. The van der Waals surface area contributed by atoms with Gasteiger partial charge in [-0.1, -0.05) is 5.57 Å². The molecule has 0 aromatic carbocycles. The van der Waals surface area contributed by atoms with Crippen molar-refractivity contribution in [2.75, 3.05) is 12.4 Å². The van der Waals surface area contributed by atoms with Gasteiger partial charge in [0.05, 0.1) is 6.61 Å². The number of allylic oxidation sites excluding steroid dienone is 2. The van der Waals surface area contributed by atoms with Crippen LogP contribution in [-0.2, 0) is 9.53 Å². The monoisotopic (exact) mass is 210 g/mol. The van der Waals surface area contributed by atoms with Gasteiger partial charge in [-0.25, -0.2) is 4.79 Å². The first-order chi connectivity index (χ1) is 6.81. The van der Waals surface area contributed by atoms with Crippen LogP contribution in [0.2, 0.25) is 0 Å². The van der Waals surface area contributed by atoms with Crippen molar-refractivity contribution in [2.24, 2.45) is 0 Å². The van der Waals surface area contributed by atoms with Crippen LogP contribution in [0.5, 0.6) is 0 Å². The van der Waals surface area contributed by atoms with Crippen LogP contribution in [0.25, 0.3) is 0 Å². The molecule has 76 valence electrons. The van der Waals surface area contributed by atoms with Crippen molar-refractivity contribution in [3.05, 3.63) is 22.1 Å². The standard InChI is InChI=1S/C11H14O2S/c1-2-13-11(12)9-4-3-8-5-6-14-10(8)7-9/h7H,2-6H2,1H3. The highest BCUT2D eigenvalue weighted by atomic mass is 32.2. The summed E-state index contributed by atoms with van der Waals surface area (Å²) in [6, 6.07) is 0. The average Bonchev–Trinajstić information content (AvgIpc) is 2.64. The zero-order chi connectivity index (χ0) is 9.97. The molecule has 2 aliphatic rings. The van der Waals surface area contributed by atoms with Crippen molar-refractivity contribution in [1.82, 2.24) is 0 Å². The molecule has 0 saturated heterocycles. The molecule has 0 N–H and O–H groups in total. The van der Waals surface area contributed by atoms with Crippen LogP contribution in [0.4, 0.5) is 0 Å². The lowest BCUT2D eigenvalue weighted by Crippen LogP contribution is -2.10. The molecular weight excluding hydrogens is 196 g/mol. The minimum absolute atomic E-state index is 0.133. The Hall–Kier alpha value is -0.700. The van der Waals surface area contributed by atoms with Crippen LogP contribution >= 0.6 is 11.8 Å². The van der Waals surface area contributed by atoms with Crippen molar-refractivity contribution in [1.29, 1.82) is 0 Å². The largest absolute Gasteiger partial charge is 0.463 e. The number of esters is 1. The third-order valence-electron chi connectivity index (χ3n) is 2.55. The lowest BCUT2D eigenvalue weighted by atomic mass is 9.97. The first-order valence-corrected chi connectivity index (χ1v) is 6.02. The van der Waals surface area contributed by atoms with Crippen LogP contribution in [-0.4, -0.2) is 18.3 Å². The maximum absolute atomic E-state index is 11.5. The van der Waals surface area contributed by atoms with E-state index in [-0.39, 0.29) is 5.97 Å². The summed E-state index contributed by atoms with van der Waals surface area (Å²) >= 11 is 1.86. The lowest BCUT2D eigenvalue weighted by Gasteiger charge is -2.13. The van der Waals surface area contributed by atoms with Crippen LogP contribution < -0.4 is 0 Å². The van der Waals surface area contributed by atoms with E-state index >= 15 is 0 Å². The molecule has 3 heteroatoms. The second-order valence-corrected chi connectivity index (χ2v) is 4.59. The van der Waals surface area contributed by atoms with Crippen LogP contribution in [0, 0.1) is 0 Å². The van der Waals surface area contributed by atoms with E-state index in [4.69, 9.17) is 4.74 Å². The molecule has 1 aliphatic heterocycles. The Bertz CT molecular complexity index is 315. The number of hydrogen-bond acceptors (Lipinski definition) is 3. The number of thioether (sulfide) groups is 1. The normalized spacial score (nSPS) is 20.5. The second kappa shape index (κ2) is 4.22. The van der Waals surface area contributed by atoms with E-state index in [1.165, 1.54) is 22.7 Å². The van der Waals surface area contributed by atoms with Crippen LogP contribution in [0.1, 0.15) is 26.2 Å². The summed E-state index contributed by atoms with van der Waals surface area (Å²) in [6.07, 6.45) is 5.13. The Balaban J connectivity index is 2.11. The van der Waals surface area contributed by atoms with E-state index < -0.39 is 0 Å². The molecule has 0 atom stereocenters. The van der Waals surface area contributed by atoms with Gasteiger partial charge in [0.25, 0.3) is 0 Å². The zero-order valence-corrected chi connectivity index (χ0v) is 9.15. The lowest BCUT2D eigenvalue weighted by molar-refractivity contribution is -0.138. The van der Waals surface area contributed by atoms with Gasteiger partial charge < -0.3 is 4.74 Å². The molecule has 0 amide bonds. The first-order valence-electron chi connectivity index (χ1n) is 5.03. The fourth-order valence-corrected chi connectivity index (χ4v) is 3.00. The molecule has 0 bridgehead atoms. The Kier molecular flexibility index (Phi) is 2.96. The van der Waals surface area contributed by atoms with Crippen molar-refractivity contribution in [2.45, 2.75) is 26.2 Å². The molecule has 14 heavy (non-hydrogen) atoms. The van der Waals surface area contributed by atoms with Crippen molar-refractivity contribution in [3.8, 4) is 0 Å². The second-order valence-electron chi connectivity index (χ2n) is 3.46. The summed E-state index contributed by atoms with van der Waals surface area (Å²) in [5.41, 5.74) is 2.38. The molecule has 0 saturated carbocycles. The summed E-state index contributed by atoms with van der Waals surface area (Å²) in [5.74, 6) is 1.05. The predicted molar refractivity (Wildman–Crippen MR) is 58.1 cm³/mol. The molecule has 0 unspecified atom stereocenters. The number of carbonyl (C=O) groups is 1. The Morgan fingerprint density at radius 1 is 1.50 bits per heavy atom. The first kappa shape index (κ1) is 9.84. The van der Waals surface area contributed by atoms with Gasteiger partial charge in [0.1, 0.15) is 0 Å². The summed E-state index contributed by atoms with van der Waals surface area (Å²) in [6.45, 7) is 2.31. The van der Waals surface area contributed by atoms with Crippen LogP contribution in [0.3, 0.4) is 0 Å². The van der Waals surface area contributed by atoms with Gasteiger partial charge >= 0.3 is 5.97 Å². The number of carbonyl (C=O) groups excluding carboxylic acids is 1. The minimum Gasteiger partial charge on any atom is -0.463 e. The molecule has 0 aromatic rings. The van der Waals surface area contributed by atoms with Gasteiger partial charge in [-0.15, -0.1) is 11.8 Å². The topological polar surface area (TPSA) is 26.3 Å². The molecular formula is C11H14O2S.